The van der Waals surface area contributed by atoms with Gasteiger partial charge in [-0.25, -0.2) is 9.99 Å². The van der Waals surface area contributed by atoms with E-state index in [-0.39, 0.29) is 23.1 Å². The number of non-ortho nitro benzene ring substituents is 1. The van der Waals surface area contributed by atoms with Crippen LogP contribution >= 0.6 is 43.6 Å². The van der Waals surface area contributed by atoms with Crippen molar-refractivity contribution in [3.63, 3.8) is 0 Å². The Hall–Kier alpha value is -2.77. The van der Waals surface area contributed by atoms with Gasteiger partial charge >= 0.3 is 5.16 Å². The number of H-pyrrole nitrogens is 1. The molecule has 3 rings (SSSR count). The lowest BCUT2D eigenvalue weighted by molar-refractivity contribution is -0.698. The Bertz CT molecular complexity index is 1180. The molecular formula is C18H15Br2N6O4S+. The number of aromatic hydroxyl groups is 1. The van der Waals surface area contributed by atoms with Crippen LogP contribution in [0.4, 0.5) is 5.69 Å². The maximum Gasteiger partial charge on any atom is 0.337 e. The molecule has 2 aromatic carbocycles. The van der Waals surface area contributed by atoms with Crippen LogP contribution in [-0.4, -0.2) is 38.1 Å². The fraction of sp³-hybridized carbons (Fsp3) is 0.111. The van der Waals surface area contributed by atoms with Crippen molar-refractivity contribution in [2.45, 2.75) is 5.16 Å². The maximum absolute atomic E-state index is 12.1. The van der Waals surface area contributed by atoms with Gasteiger partial charge in [-0.05, 0) is 45.9 Å². The van der Waals surface area contributed by atoms with Gasteiger partial charge in [-0.1, -0.05) is 22.0 Å². The minimum atomic E-state index is -0.465. The summed E-state index contributed by atoms with van der Waals surface area (Å²) in [6.45, 7) is 0. The van der Waals surface area contributed by atoms with E-state index in [1.807, 2.05) is 0 Å². The van der Waals surface area contributed by atoms with Crippen LogP contribution < -0.4 is 9.99 Å². The van der Waals surface area contributed by atoms with Crippen molar-refractivity contribution in [2.75, 3.05) is 5.75 Å². The number of nitro benzene ring substituents is 1. The zero-order chi connectivity index (χ0) is 22.5. The SMILES string of the molecule is C[n+]1c(SCC(=O)NN=Cc2cc(Br)cc(Br)c2O)n[nH]c1-c1cccc([N+](=O)[O-])c1. The van der Waals surface area contributed by atoms with E-state index in [4.69, 9.17) is 0 Å². The topological polar surface area (TPSA) is 137 Å². The van der Waals surface area contributed by atoms with E-state index in [0.717, 1.165) is 4.47 Å². The summed E-state index contributed by atoms with van der Waals surface area (Å²) in [5.41, 5.74) is 3.39. The first-order valence-electron chi connectivity index (χ1n) is 8.58. The van der Waals surface area contributed by atoms with Gasteiger partial charge in [0, 0.05) is 22.2 Å². The summed E-state index contributed by atoms with van der Waals surface area (Å²) in [5, 5.41) is 32.3. The first kappa shape index (κ1) is 22.9. The molecule has 31 heavy (non-hydrogen) atoms. The van der Waals surface area contributed by atoms with E-state index < -0.39 is 4.92 Å². The molecule has 10 nitrogen and oxygen atoms in total. The largest absolute Gasteiger partial charge is 0.506 e. The number of halogens is 2. The number of aromatic amines is 1. The van der Waals surface area contributed by atoms with Gasteiger partial charge in [-0.2, -0.15) is 5.10 Å². The molecule has 0 aliphatic heterocycles. The van der Waals surface area contributed by atoms with Crippen LogP contribution in [0.2, 0.25) is 0 Å². The minimum absolute atomic E-state index is 0.00722. The number of carbonyl (C=O) groups excluding carboxylic acids is 1. The monoisotopic (exact) mass is 569 g/mol. The van der Waals surface area contributed by atoms with Crippen molar-refractivity contribution in [1.82, 2.24) is 15.6 Å². The van der Waals surface area contributed by atoms with E-state index in [1.54, 1.807) is 35.9 Å². The molecule has 0 unspecified atom stereocenters. The number of phenolic OH excluding ortho intramolecular Hbond substituents is 1. The van der Waals surface area contributed by atoms with E-state index in [2.05, 4.69) is 52.6 Å². The number of nitrogens with one attached hydrogen (secondary N) is 2. The summed E-state index contributed by atoms with van der Waals surface area (Å²) in [4.78, 5) is 22.6. The molecule has 0 saturated heterocycles. The van der Waals surface area contributed by atoms with Crippen molar-refractivity contribution >= 4 is 61.4 Å². The molecule has 1 aromatic heterocycles. The van der Waals surface area contributed by atoms with Crippen molar-refractivity contribution in [3.8, 4) is 17.1 Å². The molecule has 0 atom stereocenters. The summed E-state index contributed by atoms with van der Waals surface area (Å²) in [5.74, 6) is 0.251. The van der Waals surface area contributed by atoms with Crippen LogP contribution in [-0.2, 0) is 11.8 Å². The Balaban J connectivity index is 1.61. The lowest BCUT2D eigenvalue weighted by atomic mass is 10.2. The van der Waals surface area contributed by atoms with Crippen molar-refractivity contribution in [3.05, 3.63) is 61.0 Å². The zero-order valence-electron chi connectivity index (χ0n) is 15.9. The third kappa shape index (κ3) is 5.68. The predicted octanol–water partition coefficient (Wildman–Crippen LogP) is 3.28. The molecule has 160 valence electrons. The van der Waals surface area contributed by atoms with Gasteiger partial charge in [0.25, 0.3) is 17.4 Å². The number of hydrogen-bond donors (Lipinski definition) is 3. The summed E-state index contributed by atoms with van der Waals surface area (Å²) < 4.78 is 2.94. The van der Waals surface area contributed by atoms with Crippen molar-refractivity contribution in [2.24, 2.45) is 12.1 Å². The normalized spacial score (nSPS) is 11.1. The molecular weight excluding hydrogens is 556 g/mol. The Morgan fingerprint density at radius 1 is 1.42 bits per heavy atom. The molecule has 0 saturated carbocycles. The van der Waals surface area contributed by atoms with E-state index in [1.165, 1.54) is 30.1 Å². The summed E-state index contributed by atoms with van der Waals surface area (Å²) in [6.07, 6.45) is 1.34. The molecule has 0 spiro atoms. The second kappa shape index (κ2) is 10.0. The maximum atomic E-state index is 12.1. The number of hydrogen-bond acceptors (Lipinski definition) is 7. The highest BCUT2D eigenvalue weighted by atomic mass is 79.9. The molecule has 0 bridgehead atoms. The van der Waals surface area contributed by atoms with Crippen LogP contribution in [0.15, 0.2) is 55.6 Å². The number of nitrogens with zero attached hydrogens (tertiary/aromatic N) is 4. The Labute approximate surface area is 197 Å². The molecule has 1 heterocycles. The quantitative estimate of drug-likeness (QED) is 0.131. The van der Waals surface area contributed by atoms with Gasteiger partial charge in [0.05, 0.1) is 39.1 Å². The smallest absolute Gasteiger partial charge is 0.337 e. The number of phenols is 1. The third-order valence-electron chi connectivity index (χ3n) is 3.99. The highest BCUT2D eigenvalue weighted by Crippen LogP contribution is 2.30. The van der Waals surface area contributed by atoms with Gasteiger partial charge in [0.2, 0.25) is 0 Å². The van der Waals surface area contributed by atoms with Gasteiger partial charge in [0.1, 0.15) is 5.75 Å². The van der Waals surface area contributed by atoms with Crippen LogP contribution in [0.1, 0.15) is 5.56 Å². The van der Waals surface area contributed by atoms with Crippen molar-refractivity contribution < 1.29 is 19.4 Å². The zero-order valence-corrected chi connectivity index (χ0v) is 19.9. The van der Waals surface area contributed by atoms with E-state index >= 15 is 0 Å². The minimum Gasteiger partial charge on any atom is -0.506 e. The lowest BCUT2D eigenvalue weighted by Gasteiger charge is -2.03. The fourth-order valence-corrected chi connectivity index (χ4v) is 4.50. The van der Waals surface area contributed by atoms with Crippen LogP contribution in [0, 0.1) is 10.1 Å². The number of amides is 1. The Morgan fingerprint density at radius 3 is 2.94 bits per heavy atom. The number of carbonyl (C=O) groups is 1. The highest BCUT2D eigenvalue weighted by Gasteiger charge is 2.21. The van der Waals surface area contributed by atoms with Gasteiger partial charge in [0.15, 0.2) is 0 Å². The Kier molecular flexibility index (Phi) is 7.41. The fourth-order valence-electron chi connectivity index (χ4n) is 2.52. The number of rotatable bonds is 7. The molecule has 0 aliphatic rings. The van der Waals surface area contributed by atoms with Crippen LogP contribution in [0.5, 0.6) is 5.75 Å². The average molecular weight is 571 g/mol. The number of nitro groups is 1. The summed E-state index contributed by atoms with van der Waals surface area (Å²) >= 11 is 7.72. The molecule has 1 amide bonds. The van der Waals surface area contributed by atoms with Crippen LogP contribution in [0.25, 0.3) is 11.4 Å². The standard InChI is InChI=1S/C18H14Br2N6O4S/c1-25-17(10-3-2-4-13(6-10)26(29)30)23-24-18(25)31-9-15(27)22-21-8-11-5-12(19)7-14(20)16(11)28/h2-8H,9H2,1H3,(H2,21,22,27,28)/p+1. The summed E-state index contributed by atoms with van der Waals surface area (Å²) in [6, 6.07) is 9.52. The molecule has 3 aromatic rings. The number of thioether (sulfide) groups is 1. The van der Waals surface area contributed by atoms with E-state index in [9.17, 15) is 20.0 Å². The second-order valence-electron chi connectivity index (χ2n) is 6.13. The molecule has 13 heteroatoms. The van der Waals surface area contributed by atoms with Crippen LogP contribution in [0.3, 0.4) is 0 Å². The van der Waals surface area contributed by atoms with E-state index in [0.29, 0.717) is 26.6 Å². The summed E-state index contributed by atoms with van der Waals surface area (Å²) in [7, 11) is 1.74. The number of aromatic nitrogens is 3. The third-order valence-corrected chi connectivity index (χ3v) is 6.09. The Morgan fingerprint density at radius 2 is 2.19 bits per heavy atom. The van der Waals surface area contributed by atoms with Gasteiger partial charge in [-0.3, -0.25) is 14.9 Å². The first-order chi connectivity index (χ1) is 14.8. The van der Waals surface area contributed by atoms with Gasteiger partial charge < -0.3 is 5.11 Å². The first-order valence-corrected chi connectivity index (χ1v) is 11.2. The van der Waals surface area contributed by atoms with Crippen molar-refractivity contribution in [1.29, 1.82) is 0 Å². The predicted molar refractivity (Wildman–Crippen MR) is 122 cm³/mol. The number of hydrazone groups is 1. The van der Waals surface area contributed by atoms with Gasteiger partial charge in [-0.15, -0.1) is 5.10 Å². The molecule has 0 radical (unpaired) electrons. The number of benzene rings is 2. The highest BCUT2D eigenvalue weighted by molar-refractivity contribution is 9.11. The molecule has 3 N–H and O–H groups in total. The molecule has 0 aliphatic carbocycles. The lowest BCUT2D eigenvalue weighted by Crippen LogP contribution is -2.32. The molecule has 0 fully saturated rings. The average Bonchev–Trinajstić information content (AvgIpc) is 3.10. The second-order valence-corrected chi connectivity index (χ2v) is 8.84.